The number of aldehydes is 1. The third kappa shape index (κ3) is 11.5. The lowest BCUT2D eigenvalue weighted by Gasteiger charge is -2.30. The number of anilines is 1. The van der Waals surface area contributed by atoms with Gasteiger partial charge < -0.3 is 19.9 Å². The predicted molar refractivity (Wildman–Crippen MR) is 146 cm³/mol. The molecular formula is C29H44N4O2. The summed E-state index contributed by atoms with van der Waals surface area (Å²) in [7, 11) is 3.73. The number of carbonyl (C=O) groups excluding carboxylic acids is 1. The first-order valence-electron chi connectivity index (χ1n) is 12.9. The molecule has 2 fully saturated rings. The van der Waals surface area contributed by atoms with E-state index in [1.54, 1.807) is 19.4 Å². The van der Waals surface area contributed by atoms with E-state index in [2.05, 4.69) is 26.7 Å². The second kappa shape index (κ2) is 17.7. The molecule has 192 valence electrons. The number of benzene rings is 1. The van der Waals surface area contributed by atoms with Crippen LogP contribution in [0.15, 0.2) is 61.4 Å². The van der Waals surface area contributed by atoms with Gasteiger partial charge >= 0.3 is 0 Å². The zero-order chi connectivity index (χ0) is 25.1. The number of hydrogen-bond donors (Lipinski definition) is 1. The van der Waals surface area contributed by atoms with E-state index >= 15 is 0 Å². The van der Waals surface area contributed by atoms with Gasteiger partial charge in [0.15, 0.2) is 0 Å². The molecule has 1 aromatic heterocycles. The summed E-state index contributed by atoms with van der Waals surface area (Å²) in [6.45, 7) is 10.2. The van der Waals surface area contributed by atoms with Crippen LogP contribution in [0.4, 0.5) is 5.82 Å². The number of piperidine rings is 1. The van der Waals surface area contributed by atoms with Crippen LogP contribution in [0.2, 0.25) is 0 Å². The number of likely N-dealkylation sites (tertiary alicyclic amines) is 1. The van der Waals surface area contributed by atoms with Crippen LogP contribution < -0.4 is 10.2 Å². The maximum Gasteiger partial charge on any atom is 0.150 e. The van der Waals surface area contributed by atoms with E-state index in [0.717, 1.165) is 31.1 Å². The number of nitrogens with one attached hydrogen (secondary N) is 1. The van der Waals surface area contributed by atoms with Crippen LogP contribution in [-0.4, -0.2) is 63.1 Å². The Balaban J connectivity index is 0.000000193. The summed E-state index contributed by atoms with van der Waals surface area (Å²) in [5, 5.41) is 3.23. The normalized spacial score (nSPS) is 16.2. The number of carbonyl (C=O) groups is 1. The first kappa shape index (κ1) is 28.5. The van der Waals surface area contributed by atoms with Crippen LogP contribution in [-0.2, 0) is 11.3 Å². The van der Waals surface area contributed by atoms with Gasteiger partial charge in [-0.25, -0.2) is 4.98 Å². The molecule has 0 saturated carbocycles. The lowest BCUT2D eigenvalue weighted by molar-refractivity contribution is 0.112. The minimum absolute atomic E-state index is 0.709. The molecule has 2 aliphatic rings. The highest BCUT2D eigenvalue weighted by atomic mass is 16.5. The van der Waals surface area contributed by atoms with Gasteiger partial charge in [-0.05, 0) is 69.1 Å². The Morgan fingerprint density at radius 2 is 1.74 bits per heavy atom. The summed E-state index contributed by atoms with van der Waals surface area (Å²) in [4.78, 5) is 19.6. The molecule has 6 nitrogen and oxygen atoms in total. The highest BCUT2D eigenvalue weighted by Gasteiger charge is 2.15. The highest BCUT2D eigenvalue weighted by molar-refractivity contribution is 5.76. The molecule has 0 radical (unpaired) electrons. The molecule has 1 aromatic carbocycles. The number of pyridine rings is 1. The van der Waals surface area contributed by atoms with Gasteiger partial charge in [0.25, 0.3) is 0 Å². The number of ether oxygens (including phenoxy) is 1. The molecule has 0 spiro atoms. The number of rotatable bonds is 7. The van der Waals surface area contributed by atoms with Crippen molar-refractivity contribution in [1.29, 1.82) is 0 Å². The van der Waals surface area contributed by atoms with Crippen LogP contribution in [0.25, 0.3) is 0 Å². The van der Waals surface area contributed by atoms with Crippen molar-refractivity contribution in [3.05, 3.63) is 72.6 Å². The maximum absolute atomic E-state index is 10.7. The minimum atomic E-state index is 0.709. The first-order chi connectivity index (χ1) is 17.2. The Hall–Kier alpha value is -2.70. The monoisotopic (exact) mass is 480 g/mol. The van der Waals surface area contributed by atoms with Gasteiger partial charge in [0.1, 0.15) is 12.1 Å². The number of methoxy groups -OCH3 is 1. The van der Waals surface area contributed by atoms with Crippen molar-refractivity contribution in [2.45, 2.75) is 45.1 Å². The molecule has 6 heteroatoms. The Morgan fingerprint density at radius 1 is 1.06 bits per heavy atom. The second-order valence-electron chi connectivity index (χ2n) is 9.10. The van der Waals surface area contributed by atoms with Crippen LogP contribution in [0.3, 0.4) is 0 Å². The smallest absolute Gasteiger partial charge is 0.150 e. The SMILES string of the molecule is C=CN1CCC(CNC)CC1.COCc1ccccc1.O=Cc1ccnc(N2CCCCCC2)c1. The van der Waals surface area contributed by atoms with Crippen molar-refractivity contribution in [3.63, 3.8) is 0 Å². The van der Waals surface area contributed by atoms with Crippen LogP contribution in [0.5, 0.6) is 0 Å². The summed E-state index contributed by atoms with van der Waals surface area (Å²) in [5.74, 6) is 1.83. The van der Waals surface area contributed by atoms with Crippen molar-refractivity contribution >= 4 is 12.1 Å². The zero-order valence-electron chi connectivity index (χ0n) is 21.7. The van der Waals surface area contributed by atoms with Crippen molar-refractivity contribution < 1.29 is 9.53 Å². The third-order valence-corrected chi connectivity index (χ3v) is 6.39. The summed E-state index contributed by atoms with van der Waals surface area (Å²) in [5.41, 5.74) is 1.93. The fourth-order valence-corrected chi connectivity index (χ4v) is 4.35. The van der Waals surface area contributed by atoms with Crippen molar-refractivity contribution in [2.75, 3.05) is 51.8 Å². The molecule has 4 rings (SSSR count). The molecule has 2 saturated heterocycles. The summed E-state index contributed by atoms with van der Waals surface area (Å²) < 4.78 is 4.93. The van der Waals surface area contributed by atoms with E-state index < -0.39 is 0 Å². The lowest BCUT2D eigenvalue weighted by atomic mass is 9.97. The van der Waals surface area contributed by atoms with Gasteiger partial charge in [0.2, 0.25) is 0 Å². The third-order valence-electron chi connectivity index (χ3n) is 6.39. The largest absolute Gasteiger partial charge is 0.380 e. The second-order valence-corrected chi connectivity index (χ2v) is 9.10. The Kier molecular flexibility index (Phi) is 14.4. The summed E-state index contributed by atoms with van der Waals surface area (Å²) >= 11 is 0. The van der Waals surface area contributed by atoms with Gasteiger partial charge in [-0.15, -0.1) is 0 Å². The average Bonchev–Trinajstić information content (AvgIpc) is 3.21. The topological polar surface area (TPSA) is 57.7 Å². The van der Waals surface area contributed by atoms with Gasteiger partial charge in [-0.1, -0.05) is 49.8 Å². The average molecular weight is 481 g/mol. The predicted octanol–water partition coefficient (Wildman–Crippen LogP) is 5.17. The quantitative estimate of drug-likeness (QED) is 0.552. The molecule has 0 aliphatic carbocycles. The van der Waals surface area contributed by atoms with Crippen molar-refractivity contribution in [1.82, 2.24) is 15.2 Å². The number of nitrogens with zero attached hydrogens (tertiary/aromatic N) is 3. The molecule has 0 bridgehead atoms. The molecule has 0 amide bonds. The standard InChI is InChI=1S/C12H16N2O.C9H18N2.C8H10O/c15-10-11-5-6-13-12(9-11)14-7-3-1-2-4-8-14;1-3-11-6-4-9(5-7-11)8-10-2;1-9-7-8-5-3-2-4-6-8/h5-6,9-10H,1-4,7-8H2;3,9-10H,1,4-8H2,2H3;2-6H,7H2,1H3. The Labute approximate surface area is 212 Å². The van der Waals surface area contributed by atoms with E-state index in [0.29, 0.717) is 12.2 Å². The van der Waals surface area contributed by atoms with E-state index in [1.807, 2.05) is 49.6 Å². The molecule has 35 heavy (non-hydrogen) atoms. The van der Waals surface area contributed by atoms with Crippen LogP contribution in [0, 0.1) is 5.92 Å². The fraction of sp³-hybridized carbons (Fsp3) is 0.517. The lowest BCUT2D eigenvalue weighted by Crippen LogP contribution is -2.33. The Morgan fingerprint density at radius 3 is 2.31 bits per heavy atom. The zero-order valence-corrected chi connectivity index (χ0v) is 21.7. The molecular weight excluding hydrogens is 436 g/mol. The molecule has 3 heterocycles. The van der Waals surface area contributed by atoms with Gasteiger partial charge in [0.05, 0.1) is 6.61 Å². The van der Waals surface area contributed by atoms with Crippen molar-refractivity contribution in [3.8, 4) is 0 Å². The number of hydrogen-bond acceptors (Lipinski definition) is 6. The molecule has 0 atom stereocenters. The van der Waals surface area contributed by atoms with Gasteiger partial charge in [-0.2, -0.15) is 0 Å². The van der Waals surface area contributed by atoms with E-state index in [4.69, 9.17) is 4.74 Å². The molecule has 2 aliphatic heterocycles. The van der Waals surface area contributed by atoms with Crippen molar-refractivity contribution in [2.24, 2.45) is 5.92 Å². The van der Waals surface area contributed by atoms with E-state index in [9.17, 15) is 4.79 Å². The first-order valence-corrected chi connectivity index (χ1v) is 12.9. The van der Waals surface area contributed by atoms with Crippen LogP contribution >= 0.6 is 0 Å². The highest BCUT2D eigenvalue weighted by Crippen LogP contribution is 2.18. The molecule has 1 N–H and O–H groups in total. The summed E-state index contributed by atoms with van der Waals surface area (Å²) in [6, 6.07) is 13.7. The minimum Gasteiger partial charge on any atom is -0.380 e. The number of aromatic nitrogens is 1. The van der Waals surface area contributed by atoms with E-state index in [-0.39, 0.29) is 0 Å². The summed E-state index contributed by atoms with van der Waals surface area (Å²) in [6.07, 6.45) is 12.2. The fourth-order valence-electron chi connectivity index (χ4n) is 4.35. The van der Waals surface area contributed by atoms with E-state index in [1.165, 1.54) is 63.7 Å². The molecule has 0 unspecified atom stereocenters. The maximum atomic E-state index is 10.7. The van der Waals surface area contributed by atoms with Gasteiger partial charge in [0, 0.05) is 45.0 Å². The van der Waals surface area contributed by atoms with Gasteiger partial charge in [-0.3, -0.25) is 4.79 Å². The Bertz CT molecular complexity index is 814. The molecule has 2 aromatic rings. The van der Waals surface area contributed by atoms with Crippen LogP contribution in [0.1, 0.15) is 54.4 Å².